The van der Waals surface area contributed by atoms with Crippen molar-refractivity contribution in [3.8, 4) is 0 Å². The third-order valence-electron chi connectivity index (χ3n) is 2.97. The molecule has 0 aromatic carbocycles. The van der Waals surface area contributed by atoms with E-state index in [0.29, 0.717) is 16.5 Å². The summed E-state index contributed by atoms with van der Waals surface area (Å²) in [6, 6.07) is 4.56. The van der Waals surface area contributed by atoms with Gasteiger partial charge in [-0.25, -0.2) is 0 Å². The summed E-state index contributed by atoms with van der Waals surface area (Å²) in [5, 5.41) is 4.16. The van der Waals surface area contributed by atoms with E-state index in [1.165, 1.54) is 10.6 Å². The summed E-state index contributed by atoms with van der Waals surface area (Å²) in [6.07, 6.45) is 0. The van der Waals surface area contributed by atoms with Gasteiger partial charge in [-0.1, -0.05) is 19.9 Å². The van der Waals surface area contributed by atoms with Crippen LogP contribution in [-0.4, -0.2) is 21.5 Å². The van der Waals surface area contributed by atoms with Crippen LogP contribution < -0.4 is 11.3 Å². The monoisotopic (exact) mass is 274 g/mol. The molecule has 1 fully saturated rings. The van der Waals surface area contributed by atoms with Crippen LogP contribution in [0, 0.1) is 0 Å². The van der Waals surface area contributed by atoms with Crippen molar-refractivity contribution in [3.63, 3.8) is 0 Å². The number of thioether (sulfide) groups is 2. The molecule has 0 bridgehead atoms. The summed E-state index contributed by atoms with van der Waals surface area (Å²) >= 11 is 5.92. The van der Waals surface area contributed by atoms with E-state index in [9.17, 15) is 0 Å². The van der Waals surface area contributed by atoms with Gasteiger partial charge in [0.15, 0.2) is 0 Å². The standard InChI is InChI=1S/C11H18N2S3/c1-7-8(2)16-10(6-15-7)11(13-12)9-4-3-5-14-9/h3-5,7-8,10-11,13H,6,12H2,1-2H3. The first-order valence-corrected chi connectivity index (χ1v) is 8.36. The number of hydrogen-bond acceptors (Lipinski definition) is 5. The maximum absolute atomic E-state index is 5.71. The van der Waals surface area contributed by atoms with Gasteiger partial charge in [-0.15, -0.1) is 11.3 Å². The predicted molar refractivity (Wildman–Crippen MR) is 77.1 cm³/mol. The predicted octanol–water partition coefficient (Wildman–Crippen LogP) is 2.88. The van der Waals surface area contributed by atoms with Gasteiger partial charge in [0.1, 0.15) is 0 Å². The SMILES string of the molecule is CC1SCC(C(NN)c2cccs2)SC1C. The van der Waals surface area contributed by atoms with E-state index in [-0.39, 0.29) is 0 Å². The second kappa shape index (κ2) is 5.78. The molecule has 0 aliphatic carbocycles. The molecule has 2 heterocycles. The van der Waals surface area contributed by atoms with E-state index in [4.69, 9.17) is 5.84 Å². The highest BCUT2D eigenvalue weighted by Gasteiger charge is 2.31. The largest absolute Gasteiger partial charge is 0.271 e. The molecule has 0 amide bonds. The molecule has 4 atom stereocenters. The Labute approximate surface area is 110 Å². The average molecular weight is 274 g/mol. The van der Waals surface area contributed by atoms with Crippen LogP contribution in [0.2, 0.25) is 0 Å². The van der Waals surface area contributed by atoms with Crippen molar-refractivity contribution in [1.82, 2.24) is 5.43 Å². The maximum atomic E-state index is 5.71. The summed E-state index contributed by atoms with van der Waals surface area (Å²) in [7, 11) is 0. The second-order valence-electron chi connectivity index (χ2n) is 4.08. The van der Waals surface area contributed by atoms with Gasteiger partial charge in [0, 0.05) is 26.4 Å². The van der Waals surface area contributed by atoms with Crippen molar-refractivity contribution in [2.24, 2.45) is 5.84 Å². The molecule has 4 unspecified atom stereocenters. The summed E-state index contributed by atoms with van der Waals surface area (Å²) in [5.41, 5.74) is 2.99. The van der Waals surface area contributed by atoms with Crippen molar-refractivity contribution in [2.75, 3.05) is 5.75 Å². The summed E-state index contributed by atoms with van der Waals surface area (Å²) in [6.45, 7) is 4.63. The van der Waals surface area contributed by atoms with Crippen molar-refractivity contribution >= 4 is 34.9 Å². The summed E-state index contributed by atoms with van der Waals surface area (Å²) in [5.74, 6) is 6.89. The normalized spacial score (nSPS) is 32.6. The molecule has 0 saturated carbocycles. The Bertz CT molecular complexity index is 315. The first-order valence-electron chi connectivity index (χ1n) is 5.49. The highest BCUT2D eigenvalue weighted by molar-refractivity contribution is 8.07. The number of hydrazine groups is 1. The van der Waals surface area contributed by atoms with Crippen LogP contribution in [0.25, 0.3) is 0 Å². The van der Waals surface area contributed by atoms with Gasteiger partial charge < -0.3 is 0 Å². The van der Waals surface area contributed by atoms with Crippen LogP contribution in [-0.2, 0) is 0 Å². The zero-order valence-corrected chi connectivity index (χ0v) is 12.0. The molecule has 1 aromatic rings. The zero-order valence-electron chi connectivity index (χ0n) is 9.55. The van der Waals surface area contributed by atoms with Crippen molar-refractivity contribution < 1.29 is 0 Å². The van der Waals surface area contributed by atoms with Gasteiger partial charge in [0.25, 0.3) is 0 Å². The molecule has 1 aliphatic rings. The Balaban J connectivity index is 2.05. The molecule has 0 spiro atoms. The van der Waals surface area contributed by atoms with Gasteiger partial charge in [0.2, 0.25) is 0 Å². The molecule has 16 heavy (non-hydrogen) atoms. The van der Waals surface area contributed by atoms with E-state index in [1.807, 2.05) is 0 Å². The third kappa shape index (κ3) is 2.76. The lowest BCUT2D eigenvalue weighted by atomic mass is 10.2. The number of rotatable bonds is 3. The average Bonchev–Trinajstić information content (AvgIpc) is 2.78. The van der Waals surface area contributed by atoms with Crippen molar-refractivity contribution in [2.45, 2.75) is 35.6 Å². The van der Waals surface area contributed by atoms with E-state index in [0.717, 1.165) is 5.25 Å². The summed E-state index contributed by atoms with van der Waals surface area (Å²) in [4.78, 5) is 1.35. The molecule has 0 radical (unpaired) electrons. The quantitative estimate of drug-likeness (QED) is 0.656. The number of nitrogens with one attached hydrogen (secondary N) is 1. The number of hydrogen-bond donors (Lipinski definition) is 2. The van der Waals surface area contributed by atoms with Crippen LogP contribution in [0.3, 0.4) is 0 Å². The molecule has 1 saturated heterocycles. The second-order valence-corrected chi connectivity index (χ2v) is 8.09. The minimum atomic E-state index is 0.299. The van der Waals surface area contributed by atoms with Crippen LogP contribution in [0.1, 0.15) is 24.8 Å². The Kier molecular flexibility index (Phi) is 4.61. The van der Waals surface area contributed by atoms with Crippen molar-refractivity contribution in [3.05, 3.63) is 22.4 Å². The molecular weight excluding hydrogens is 256 g/mol. The van der Waals surface area contributed by atoms with E-state index in [2.05, 4.69) is 60.3 Å². The van der Waals surface area contributed by atoms with Gasteiger partial charge >= 0.3 is 0 Å². The highest BCUT2D eigenvalue weighted by Crippen LogP contribution is 2.41. The van der Waals surface area contributed by atoms with E-state index >= 15 is 0 Å². The van der Waals surface area contributed by atoms with E-state index in [1.54, 1.807) is 11.3 Å². The van der Waals surface area contributed by atoms with Gasteiger partial charge in [-0.2, -0.15) is 23.5 Å². The lowest BCUT2D eigenvalue weighted by molar-refractivity contribution is 0.558. The van der Waals surface area contributed by atoms with E-state index < -0.39 is 0 Å². The maximum Gasteiger partial charge on any atom is 0.0679 e. The van der Waals surface area contributed by atoms with Crippen LogP contribution in [0.4, 0.5) is 0 Å². The van der Waals surface area contributed by atoms with Crippen LogP contribution in [0.5, 0.6) is 0 Å². The number of thiophene rings is 1. The lowest BCUT2D eigenvalue weighted by Crippen LogP contribution is -2.39. The molecule has 1 aromatic heterocycles. The topological polar surface area (TPSA) is 38.0 Å². The summed E-state index contributed by atoms with van der Waals surface area (Å²) < 4.78 is 0. The molecule has 2 nitrogen and oxygen atoms in total. The molecule has 3 N–H and O–H groups in total. The molecule has 90 valence electrons. The zero-order chi connectivity index (χ0) is 11.5. The minimum Gasteiger partial charge on any atom is -0.271 e. The minimum absolute atomic E-state index is 0.299. The number of nitrogens with two attached hydrogens (primary N) is 1. The molecular formula is C11H18N2S3. The van der Waals surface area contributed by atoms with Gasteiger partial charge in [-0.3, -0.25) is 11.3 Å². The Morgan fingerprint density at radius 1 is 1.44 bits per heavy atom. The van der Waals surface area contributed by atoms with Crippen molar-refractivity contribution in [1.29, 1.82) is 0 Å². The lowest BCUT2D eigenvalue weighted by Gasteiger charge is -2.35. The third-order valence-corrected chi connectivity index (χ3v) is 7.43. The molecule has 1 aliphatic heterocycles. The van der Waals surface area contributed by atoms with Gasteiger partial charge in [-0.05, 0) is 11.4 Å². The Morgan fingerprint density at radius 3 is 2.81 bits per heavy atom. The first kappa shape index (κ1) is 12.8. The molecule has 2 rings (SSSR count). The Hall–Kier alpha value is 0.320. The fourth-order valence-corrected chi connectivity index (χ4v) is 5.85. The fraction of sp³-hybridized carbons (Fsp3) is 0.636. The Morgan fingerprint density at radius 2 is 2.25 bits per heavy atom. The first-order chi connectivity index (χ1) is 7.72. The van der Waals surface area contributed by atoms with Gasteiger partial charge in [0.05, 0.1) is 6.04 Å². The molecule has 5 heteroatoms. The van der Waals surface area contributed by atoms with Crippen LogP contribution >= 0.6 is 34.9 Å². The highest BCUT2D eigenvalue weighted by atomic mass is 32.2. The van der Waals surface area contributed by atoms with Crippen LogP contribution in [0.15, 0.2) is 17.5 Å². The smallest absolute Gasteiger partial charge is 0.0679 e. The fourth-order valence-electron chi connectivity index (χ4n) is 1.82.